The van der Waals surface area contributed by atoms with E-state index in [0.717, 1.165) is 10.6 Å². The number of rotatable bonds is 3. The van der Waals surface area contributed by atoms with E-state index < -0.39 is 39.8 Å². The van der Waals surface area contributed by atoms with Crippen molar-refractivity contribution in [3.63, 3.8) is 0 Å². The van der Waals surface area contributed by atoms with Crippen LogP contribution < -0.4 is 11.2 Å². The molecule has 0 aliphatic carbocycles. The zero-order chi connectivity index (χ0) is 19.1. The van der Waals surface area contributed by atoms with Gasteiger partial charge in [0.2, 0.25) is 0 Å². The van der Waals surface area contributed by atoms with Gasteiger partial charge in [-0.1, -0.05) is 19.1 Å². The minimum atomic E-state index is -4.89. The molecule has 1 aromatic carbocycles. The highest BCUT2D eigenvalue weighted by Crippen LogP contribution is 2.35. The van der Waals surface area contributed by atoms with Crippen LogP contribution in [0.2, 0.25) is 0 Å². The Morgan fingerprint density at radius 2 is 1.88 bits per heavy atom. The van der Waals surface area contributed by atoms with Crippen molar-refractivity contribution in [2.24, 2.45) is 0 Å². The zero-order valence-electron chi connectivity index (χ0n) is 13.5. The van der Waals surface area contributed by atoms with Gasteiger partial charge in [0, 0.05) is 12.1 Å². The molecule has 0 amide bonds. The van der Waals surface area contributed by atoms with E-state index in [9.17, 15) is 27.2 Å². The number of aromatic nitrogens is 3. The number of nitrogens with zero attached hydrogens (tertiary/aromatic N) is 2. The van der Waals surface area contributed by atoms with Crippen LogP contribution >= 0.6 is 0 Å². The molecule has 0 saturated heterocycles. The summed E-state index contributed by atoms with van der Waals surface area (Å²) in [6, 6.07) is 5.83. The molecule has 26 heavy (non-hydrogen) atoms. The minimum Gasteiger partial charge on any atom is -0.278 e. The first-order valence-electron chi connectivity index (χ1n) is 7.74. The van der Waals surface area contributed by atoms with E-state index in [0.29, 0.717) is 12.5 Å². The molecule has 1 N–H and O–H groups in total. The van der Waals surface area contributed by atoms with Gasteiger partial charge in [0.1, 0.15) is 5.82 Å². The molecule has 0 atom stereocenters. The van der Waals surface area contributed by atoms with Crippen LogP contribution in [0.25, 0.3) is 22.3 Å². The number of hydrogen-bond acceptors (Lipinski definition) is 3. The molecule has 9 heteroatoms. The third-order valence-corrected chi connectivity index (χ3v) is 3.85. The smallest absolute Gasteiger partial charge is 0.278 e. The Bertz CT molecular complexity index is 1100. The molecule has 3 rings (SSSR count). The van der Waals surface area contributed by atoms with Crippen molar-refractivity contribution in [3.8, 4) is 11.3 Å². The lowest BCUT2D eigenvalue weighted by Gasteiger charge is -2.15. The number of H-pyrrole nitrogens is 1. The summed E-state index contributed by atoms with van der Waals surface area (Å²) in [5, 5.41) is -0.745. The summed E-state index contributed by atoms with van der Waals surface area (Å²) in [5.74, 6) is -0.762. The molecule has 0 radical (unpaired) electrons. The molecule has 0 aliphatic rings. The van der Waals surface area contributed by atoms with Crippen molar-refractivity contribution in [2.45, 2.75) is 26.1 Å². The summed E-state index contributed by atoms with van der Waals surface area (Å²) in [6.07, 6.45) is -4.46. The van der Waals surface area contributed by atoms with Crippen molar-refractivity contribution in [2.75, 3.05) is 0 Å². The molecular weight excluding hydrogens is 354 g/mol. The molecule has 0 aliphatic heterocycles. The second-order valence-electron chi connectivity index (χ2n) is 5.64. The highest BCUT2D eigenvalue weighted by Gasteiger charge is 2.35. The summed E-state index contributed by atoms with van der Waals surface area (Å²) < 4.78 is 55.7. The van der Waals surface area contributed by atoms with Crippen LogP contribution in [-0.4, -0.2) is 14.5 Å². The number of aryl methyl sites for hydroxylation is 1. The van der Waals surface area contributed by atoms with Crippen LogP contribution in [0.3, 0.4) is 0 Å². The lowest BCUT2D eigenvalue weighted by atomic mass is 10.1. The predicted octanol–water partition coefficient (Wildman–Crippen LogP) is 3.32. The Kier molecular flexibility index (Phi) is 4.39. The van der Waals surface area contributed by atoms with E-state index in [1.54, 1.807) is 6.92 Å². The number of nitrogens with one attached hydrogen (secondary N) is 1. The Hall–Kier alpha value is -2.97. The molecule has 0 spiro atoms. The van der Waals surface area contributed by atoms with Gasteiger partial charge in [0.15, 0.2) is 5.65 Å². The monoisotopic (exact) mass is 367 g/mol. The summed E-state index contributed by atoms with van der Waals surface area (Å²) in [4.78, 5) is 30.0. The maximum atomic E-state index is 14.1. The van der Waals surface area contributed by atoms with Gasteiger partial charge < -0.3 is 0 Å². The van der Waals surface area contributed by atoms with E-state index in [2.05, 4.69) is 4.98 Å². The molecular formula is C17H13F4N3O2. The summed E-state index contributed by atoms with van der Waals surface area (Å²) in [6.45, 7) is 1.77. The fraction of sp³-hybridized carbons (Fsp3) is 0.235. The Balaban J connectivity index is 2.51. The Morgan fingerprint density at radius 1 is 1.19 bits per heavy atom. The number of benzene rings is 1. The van der Waals surface area contributed by atoms with Gasteiger partial charge in [-0.3, -0.25) is 14.3 Å². The molecule has 136 valence electrons. The number of aromatic amines is 1. The fourth-order valence-electron chi connectivity index (χ4n) is 2.74. The molecule has 0 unspecified atom stereocenters. The highest BCUT2D eigenvalue weighted by molar-refractivity contribution is 5.82. The van der Waals surface area contributed by atoms with Gasteiger partial charge in [-0.25, -0.2) is 14.2 Å². The molecule has 3 aromatic rings. The van der Waals surface area contributed by atoms with Crippen LogP contribution in [0.1, 0.15) is 18.9 Å². The lowest BCUT2D eigenvalue weighted by molar-refractivity contribution is -0.136. The summed E-state index contributed by atoms with van der Waals surface area (Å²) >= 11 is 0. The summed E-state index contributed by atoms with van der Waals surface area (Å²) in [7, 11) is 0. The number of alkyl halides is 3. The molecule has 5 nitrogen and oxygen atoms in total. The maximum Gasteiger partial charge on any atom is 0.417 e. The number of pyridine rings is 1. The molecule has 2 heterocycles. The van der Waals surface area contributed by atoms with Gasteiger partial charge in [-0.15, -0.1) is 0 Å². The van der Waals surface area contributed by atoms with Gasteiger partial charge in [0.05, 0.1) is 16.6 Å². The predicted molar refractivity (Wildman–Crippen MR) is 87.3 cm³/mol. The van der Waals surface area contributed by atoms with Gasteiger partial charge in [-0.05, 0) is 24.6 Å². The third kappa shape index (κ3) is 3.00. The van der Waals surface area contributed by atoms with Crippen molar-refractivity contribution >= 4 is 11.0 Å². The highest BCUT2D eigenvalue weighted by atomic mass is 19.4. The van der Waals surface area contributed by atoms with Crippen molar-refractivity contribution in [1.82, 2.24) is 14.5 Å². The first-order valence-corrected chi connectivity index (χ1v) is 7.74. The number of fused-ring (bicyclic) bond motifs is 1. The second kappa shape index (κ2) is 6.40. The average Bonchev–Trinajstić information content (AvgIpc) is 2.57. The van der Waals surface area contributed by atoms with Crippen LogP contribution in [0.15, 0.2) is 39.9 Å². The molecule has 2 aromatic heterocycles. The lowest BCUT2D eigenvalue weighted by Crippen LogP contribution is -2.32. The Morgan fingerprint density at radius 3 is 2.50 bits per heavy atom. The topological polar surface area (TPSA) is 67.8 Å². The van der Waals surface area contributed by atoms with E-state index >= 15 is 0 Å². The van der Waals surface area contributed by atoms with Gasteiger partial charge >= 0.3 is 11.9 Å². The quantitative estimate of drug-likeness (QED) is 0.722. The largest absolute Gasteiger partial charge is 0.417 e. The fourth-order valence-corrected chi connectivity index (χ4v) is 2.74. The normalized spacial score (nSPS) is 11.9. The van der Waals surface area contributed by atoms with Crippen molar-refractivity contribution in [1.29, 1.82) is 0 Å². The van der Waals surface area contributed by atoms with Crippen molar-refractivity contribution < 1.29 is 17.6 Å². The molecule has 0 saturated carbocycles. The van der Waals surface area contributed by atoms with Gasteiger partial charge in [-0.2, -0.15) is 13.2 Å². The van der Waals surface area contributed by atoms with Crippen LogP contribution in [0, 0.1) is 5.82 Å². The number of hydrogen-bond donors (Lipinski definition) is 1. The first kappa shape index (κ1) is 17.8. The standard InChI is InChI=1S/C17H13F4N3O2/c1-2-7-24-14-13(15(25)23-16(24)26)10(17(19,20)21)8-12(22-14)9-5-3-4-6-11(9)18/h3-6,8H,2,7H2,1H3,(H,23,25,26). The van der Waals surface area contributed by atoms with E-state index in [-0.39, 0.29) is 17.8 Å². The summed E-state index contributed by atoms with van der Waals surface area (Å²) in [5.41, 5.74) is -4.21. The second-order valence-corrected chi connectivity index (χ2v) is 5.64. The molecule has 0 bridgehead atoms. The zero-order valence-corrected chi connectivity index (χ0v) is 13.5. The van der Waals surface area contributed by atoms with Crippen LogP contribution in [0.5, 0.6) is 0 Å². The average molecular weight is 367 g/mol. The Labute approximate surface area is 143 Å². The first-order chi connectivity index (χ1) is 12.2. The van der Waals surface area contributed by atoms with Crippen LogP contribution in [-0.2, 0) is 12.7 Å². The third-order valence-electron chi connectivity index (χ3n) is 3.85. The van der Waals surface area contributed by atoms with Gasteiger partial charge in [0.25, 0.3) is 5.56 Å². The van der Waals surface area contributed by atoms with Crippen molar-refractivity contribution in [3.05, 3.63) is 62.6 Å². The maximum absolute atomic E-state index is 14.1. The molecule has 0 fully saturated rings. The minimum absolute atomic E-state index is 0.0527. The van der Waals surface area contributed by atoms with Crippen LogP contribution in [0.4, 0.5) is 17.6 Å². The van der Waals surface area contributed by atoms with E-state index in [1.165, 1.54) is 18.2 Å². The number of halogens is 4. The van der Waals surface area contributed by atoms with E-state index in [4.69, 9.17) is 0 Å². The van der Waals surface area contributed by atoms with E-state index in [1.807, 2.05) is 4.98 Å². The SMILES string of the molecule is CCCn1c(=O)[nH]c(=O)c2c(C(F)(F)F)cc(-c3ccccc3F)nc21.